The number of halogens is 1. The summed E-state index contributed by atoms with van der Waals surface area (Å²) in [6.45, 7) is 7.44. The molecule has 7 heteroatoms. The van der Waals surface area contributed by atoms with Crippen molar-refractivity contribution in [2.75, 3.05) is 31.2 Å². The topological polar surface area (TPSA) is 54.3 Å². The summed E-state index contributed by atoms with van der Waals surface area (Å²) in [6, 6.07) is 3.79. The van der Waals surface area contributed by atoms with Crippen molar-refractivity contribution in [3.05, 3.63) is 44.5 Å². The van der Waals surface area contributed by atoms with E-state index in [4.69, 9.17) is 0 Å². The van der Waals surface area contributed by atoms with Gasteiger partial charge in [0.1, 0.15) is 5.94 Å². The SMILES string of the molecule is C=CCCNCCC1CCN(n2c(=O)sc3ccc(Br)c(C=C=O)c32)CC1. The molecule has 1 fully saturated rings. The van der Waals surface area contributed by atoms with Gasteiger partial charge in [-0.25, -0.2) is 9.47 Å². The number of thiazole rings is 1. The van der Waals surface area contributed by atoms with Gasteiger partial charge < -0.3 is 10.3 Å². The number of rotatable bonds is 8. The predicted octanol–water partition coefficient (Wildman–Crippen LogP) is 3.57. The van der Waals surface area contributed by atoms with E-state index in [1.54, 1.807) is 4.68 Å². The molecule has 0 atom stereocenters. The lowest BCUT2D eigenvalue weighted by atomic mass is 9.94. The molecule has 0 amide bonds. The third-order valence-corrected chi connectivity index (χ3v) is 6.63. The van der Waals surface area contributed by atoms with E-state index in [2.05, 4.69) is 32.8 Å². The fourth-order valence-corrected chi connectivity index (χ4v) is 4.93. The van der Waals surface area contributed by atoms with Crippen LogP contribution in [0.2, 0.25) is 0 Å². The number of carbonyl (C=O) groups excluding carboxylic acids is 1. The molecule has 1 N–H and O–H groups in total. The highest BCUT2D eigenvalue weighted by Gasteiger charge is 2.23. The molecule has 1 aromatic carbocycles. The number of benzene rings is 1. The van der Waals surface area contributed by atoms with Crippen LogP contribution in [0.5, 0.6) is 0 Å². The van der Waals surface area contributed by atoms with Crippen molar-refractivity contribution in [1.82, 2.24) is 9.99 Å². The van der Waals surface area contributed by atoms with Crippen LogP contribution in [-0.2, 0) is 4.79 Å². The summed E-state index contributed by atoms with van der Waals surface area (Å²) in [5, 5.41) is 5.57. The smallest absolute Gasteiger partial charge is 0.316 e. The lowest BCUT2D eigenvalue weighted by molar-refractivity contribution is 0.342. The molecule has 1 saturated heterocycles. The van der Waals surface area contributed by atoms with Crippen molar-refractivity contribution in [3.63, 3.8) is 0 Å². The van der Waals surface area contributed by atoms with Gasteiger partial charge in [-0.2, -0.15) is 0 Å². The minimum Gasteiger partial charge on any atom is -0.316 e. The van der Waals surface area contributed by atoms with E-state index >= 15 is 0 Å². The van der Waals surface area contributed by atoms with Gasteiger partial charge >= 0.3 is 4.87 Å². The molecule has 2 heterocycles. The van der Waals surface area contributed by atoms with E-state index in [1.807, 2.05) is 24.2 Å². The Hall–Kier alpha value is -1.66. The molecule has 1 aliphatic rings. The van der Waals surface area contributed by atoms with Gasteiger partial charge in [0.05, 0.1) is 10.2 Å². The molecular formula is C20H24BrN3O2S. The average molecular weight is 450 g/mol. The van der Waals surface area contributed by atoms with Crippen LogP contribution in [0, 0.1) is 5.92 Å². The Morgan fingerprint density at radius 1 is 1.33 bits per heavy atom. The van der Waals surface area contributed by atoms with Crippen molar-refractivity contribution in [3.8, 4) is 0 Å². The maximum absolute atomic E-state index is 12.7. The molecule has 1 aliphatic heterocycles. The van der Waals surface area contributed by atoms with Crippen molar-refractivity contribution >= 4 is 49.5 Å². The molecule has 0 unspecified atom stereocenters. The maximum atomic E-state index is 12.7. The highest BCUT2D eigenvalue weighted by Crippen LogP contribution is 2.30. The van der Waals surface area contributed by atoms with Crippen LogP contribution in [0.25, 0.3) is 16.3 Å². The third kappa shape index (κ3) is 4.61. The normalized spacial score (nSPS) is 15.1. The Morgan fingerprint density at radius 2 is 2.11 bits per heavy atom. The van der Waals surface area contributed by atoms with Gasteiger partial charge in [0.15, 0.2) is 0 Å². The summed E-state index contributed by atoms with van der Waals surface area (Å²) < 4.78 is 3.44. The Balaban J connectivity index is 1.73. The molecule has 5 nitrogen and oxygen atoms in total. The monoisotopic (exact) mass is 449 g/mol. The van der Waals surface area contributed by atoms with Crippen molar-refractivity contribution in [1.29, 1.82) is 0 Å². The summed E-state index contributed by atoms with van der Waals surface area (Å²) in [6.07, 6.45) is 7.63. The van der Waals surface area contributed by atoms with Gasteiger partial charge in [0.2, 0.25) is 0 Å². The second-order valence-corrected chi connectivity index (χ2v) is 8.61. The quantitative estimate of drug-likeness (QED) is 0.380. The highest BCUT2D eigenvalue weighted by molar-refractivity contribution is 9.10. The second-order valence-electron chi connectivity index (χ2n) is 6.76. The first-order chi connectivity index (χ1) is 13.2. The van der Waals surface area contributed by atoms with Crippen LogP contribution in [0.1, 0.15) is 31.2 Å². The zero-order valence-electron chi connectivity index (χ0n) is 15.2. The maximum Gasteiger partial charge on any atom is 0.326 e. The molecule has 1 aromatic heterocycles. The van der Waals surface area contributed by atoms with E-state index in [0.717, 1.165) is 72.1 Å². The number of piperidine rings is 1. The second kappa shape index (κ2) is 9.51. The lowest BCUT2D eigenvalue weighted by Gasteiger charge is -2.34. The lowest BCUT2D eigenvalue weighted by Crippen LogP contribution is -2.45. The summed E-state index contributed by atoms with van der Waals surface area (Å²) in [5.74, 6) is 2.53. The average Bonchev–Trinajstić information content (AvgIpc) is 3.01. The largest absolute Gasteiger partial charge is 0.326 e. The number of fused-ring (bicyclic) bond motifs is 1. The zero-order chi connectivity index (χ0) is 19.2. The Kier molecular flexibility index (Phi) is 7.07. The van der Waals surface area contributed by atoms with E-state index in [9.17, 15) is 9.59 Å². The van der Waals surface area contributed by atoms with Gasteiger partial charge in [0.25, 0.3) is 0 Å². The number of hydrogen-bond donors (Lipinski definition) is 1. The van der Waals surface area contributed by atoms with Gasteiger partial charge in [-0.15, -0.1) is 6.58 Å². The fraction of sp³-hybridized carbons (Fsp3) is 0.450. The van der Waals surface area contributed by atoms with Crippen LogP contribution in [0.15, 0.2) is 34.1 Å². The van der Waals surface area contributed by atoms with Crippen molar-refractivity contribution in [2.45, 2.75) is 25.7 Å². The van der Waals surface area contributed by atoms with E-state index in [1.165, 1.54) is 17.4 Å². The van der Waals surface area contributed by atoms with E-state index in [0.29, 0.717) is 5.92 Å². The predicted molar refractivity (Wildman–Crippen MR) is 117 cm³/mol. The first-order valence-electron chi connectivity index (χ1n) is 9.27. The van der Waals surface area contributed by atoms with Crippen molar-refractivity contribution in [2.24, 2.45) is 5.92 Å². The highest BCUT2D eigenvalue weighted by atomic mass is 79.9. The summed E-state index contributed by atoms with van der Waals surface area (Å²) >= 11 is 4.71. The van der Waals surface area contributed by atoms with Crippen LogP contribution in [0.4, 0.5) is 0 Å². The molecule has 2 aromatic rings. The molecule has 0 radical (unpaired) electrons. The molecule has 3 rings (SSSR count). The van der Waals surface area contributed by atoms with Crippen LogP contribution in [-0.4, -0.2) is 36.8 Å². The summed E-state index contributed by atoms with van der Waals surface area (Å²) in [5.41, 5.74) is 1.52. The number of nitrogens with zero attached hydrogens (tertiary/aromatic N) is 2. The first-order valence-corrected chi connectivity index (χ1v) is 10.9. The van der Waals surface area contributed by atoms with Crippen LogP contribution in [0.3, 0.4) is 0 Å². The molecule has 0 aliphatic carbocycles. The number of aromatic nitrogens is 1. The first kappa shape index (κ1) is 20.1. The molecule has 0 saturated carbocycles. The zero-order valence-corrected chi connectivity index (χ0v) is 17.7. The Morgan fingerprint density at radius 3 is 2.81 bits per heavy atom. The molecular weight excluding hydrogens is 426 g/mol. The minimum absolute atomic E-state index is 0.00630. The number of hydrogen-bond acceptors (Lipinski definition) is 5. The summed E-state index contributed by atoms with van der Waals surface area (Å²) in [4.78, 5) is 23.6. The van der Waals surface area contributed by atoms with Crippen molar-refractivity contribution < 1.29 is 4.79 Å². The van der Waals surface area contributed by atoms with E-state index < -0.39 is 0 Å². The standard InChI is InChI=1S/C20H24BrN3O2S/c1-2-3-10-22-11-6-15-7-12-23(13-8-15)24-19-16(9-14-25)17(21)4-5-18(19)27-20(24)26/h2,4-5,9,15,22H,1,3,6-8,10-13H2. The number of nitrogens with one attached hydrogen (secondary N) is 1. The van der Waals surface area contributed by atoms with Crippen LogP contribution >= 0.6 is 27.3 Å². The Labute approximate surface area is 171 Å². The fourth-order valence-electron chi connectivity index (χ4n) is 3.59. The van der Waals surface area contributed by atoms with E-state index in [-0.39, 0.29) is 4.87 Å². The van der Waals surface area contributed by atoms with Gasteiger partial charge in [-0.1, -0.05) is 33.3 Å². The van der Waals surface area contributed by atoms with Gasteiger partial charge in [-0.05, 0) is 56.8 Å². The van der Waals surface area contributed by atoms with Gasteiger partial charge in [0, 0.05) is 29.2 Å². The minimum atomic E-state index is -0.00630. The third-order valence-electron chi connectivity index (χ3n) is 5.04. The summed E-state index contributed by atoms with van der Waals surface area (Å²) in [7, 11) is 0. The molecule has 0 spiro atoms. The molecule has 144 valence electrons. The molecule has 0 bridgehead atoms. The Bertz CT molecular complexity index is 906. The molecule has 27 heavy (non-hydrogen) atoms. The van der Waals surface area contributed by atoms with Crippen LogP contribution < -0.4 is 15.2 Å². The van der Waals surface area contributed by atoms with Gasteiger partial charge in [-0.3, -0.25) is 4.79 Å².